The van der Waals surface area contributed by atoms with Crippen LogP contribution < -0.4 is 10.2 Å². The zero-order valence-electron chi connectivity index (χ0n) is 12.8. The molecule has 0 spiro atoms. The Labute approximate surface area is 135 Å². The van der Waals surface area contributed by atoms with Gasteiger partial charge in [0.25, 0.3) is 0 Å². The lowest BCUT2D eigenvalue weighted by molar-refractivity contribution is -0.134. The van der Waals surface area contributed by atoms with Crippen LogP contribution in [0.3, 0.4) is 0 Å². The van der Waals surface area contributed by atoms with E-state index in [1.165, 1.54) is 12.1 Å². The monoisotopic (exact) mass is 317 g/mol. The molecule has 2 aromatic rings. The molecule has 5 heteroatoms. The maximum atomic E-state index is 12.8. The summed E-state index contributed by atoms with van der Waals surface area (Å²) in [5, 5.41) is 0. The van der Waals surface area contributed by atoms with Gasteiger partial charge in [0, 0.05) is 6.42 Å². The topological polar surface area (TPSA) is 47.6 Å². The Morgan fingerprint density at radius 2 is 1.74 bits per heavy atom. The zero-order chi connectivity index (χ0) is 16.3. The highest BCUT2D eigenvalue weighted by Gasteiger charge is 2.02. The molecule has 0 aliphatic rings. The standard InChI is InChI=1S/C18H20FNO3/c19-16-11-9-15(10-12-16)5-4-8-18(21)20-23-14-13-22-17-6-2-1-3-7-17/h1-3,6-7,9-12H,4-5,8,13-14H2,(H,20,21). The van der Waals surface area contributed by atoms with E-state index >= 15 is 0 Å². The predicted octanol–water partition coefficient (Wildman–Crippen LogP) is 3.28. The van der Waals surface area contributed by atoms with Gasteiger partial charge in [0.2, 0.25) is 5.91 Å². The number of aryl methyl sites for hydroxylation is 1. The van der Waals surface area contributed by atoms with Gasteiger partial charge in [-0.25, -0.2) is 9.87 Å². The summed E-state index contributed by atoms with van der Waals surface area (Å²) in [6, 6.07) is 15.7. The van der Waals surface area contributed by atoms with Crippen LogP contribution in [0, 0.1) is 5.82 Å². The van der Waals surface area contributed by atoms with Crippen LogP contribution in [0.2, 0.25) is 0 Å². The lowest BCUT2D eigenvalue weighted by atomic mass is 10.1. The molecule has 1 N–H and O–H groups in total. The van der Waals surface area contributed by atoms with Crippen LogP contribution in [-0.2, 0) is 16.1 Å². The van der Waals surface area contributed by atoms with Crippen LogP contribution in [0.25, 0.3) is 0 Å². The summed E-state index contributed by atoms with van der Waals surface area (Å²) in [4.78, 5) is 16.6. The number of benzene rings is 2. The number of hydrogen-bond acceptors (Lipinski definition) is 3. The van der Waals surface area contributed by atoms with E-state index in [4.69, 9.17) is 9.57 Å². The number of amides is 1. The highest BCUT2D eigenvalue weighted by molar-refractivity contribution is 5.74. The van der Waals surface area contributed by atoms with Gasteiger partial charge in [-0.2, -0.15) is 0 Å². The van der Waals surface area contributed by atoms with Crippen molar-refractivity contribution >= 4 is 5.91 Å². The molecule has 0 fully saturated rings. The second-order valence-electron chi connectivity index (χ2n) is 5.02. The maximum absolute atomic E-state index is 12.8. The van der Waals surface area contributed by atoms with Crippen LogP contribution in [0.5, 0.6) is 5.75 Å². The van der Waals surface area contributed by atoms with Gasteiger partial charge in [-0.3, -0.25) is 9.63 Å². The molecule has 0 aliphatic heterocycles. The number of hydroxylamine groups is 1. The fraction of sp³-hybridized carbons (Fsp3) is 0.278. The fourth-order valence-corrected chi connectivity index (χ4v) is 2.00. The third-order valence-electron chi connectivity index (χ3n) is 3.17. The van der Waals surface area contributed by atoms with E-state index in [1.807, 2.05) is 30.3 Å². The molecule has 0 saturated heterocycles. The van der Waals surface area contributed by atoms with Crippen LogP contribution >= 0.6 is 0 Å². The normalized spacial score (nSPS) is 10.3. The Balaban J connectivity index is 1.51. The van der Waals surface area contributed by atoms with E-state index in [0.29, 0.717) is 19.4 Å². The number of ether oxygens (including phenoxy) is 1. The van der Waals surface area contributed by atoms with Gasteiger partial charge in [0.1, 0.15) is 24.8 Å². The van der Waals surface area contributed by atoms with Gasteiger partial charge in [-0.15, -0.1) is 0 Å². The third kappa shape index (κ3) is 6.93. The Morgan fingerprint density at radius 1 is 1.00 bits per heavy atom. The van der Waals surface area contributed by atoms with Crippen LogP contribution in [-0.4, -0.2) is 19.1 Å². The van der Waals surface area contributed by atoms with Gasteiger partial charge in [-0.1, -0.05) is 30.3 Å². The molecule has 0 unspecified atom stereocenters. The number of carbonyl (C=O) groups is 1. The van der Waals surface area contributed by atoms with Crippen molar-refractivity contribution in [1.82, 2.24) is 5.48 Å². The van der Waals surface area contributed by atoms with Gasteiger partial charge in [-0.05, 0) is 42.7 Å². The summed E-state index contributed by atoms with van der Waals surface area (Å²) >= 11 is 0. The summed E-state index contributed by atoms with van der Waals surface area (Å²) in [5.74, 6) is 0.339. The number of halogens is 1. The molecule has 0 heterocycles. The molecule has 122 valence electrons. The first kappa shape index (κ1) is 17.0. The van der Waals surface area contributed by atoms with Crippen molar-refractivity contribution in [3.63, 3.8) is 0 Å². The molecular weight excluding hydrogens is 297 g/mol. The zero-order valence-corrected chi connectivity index (χ0v) is 12.8. The molecule has 0 bridgehead atoms. The smallest absolute Gasteiger partial charge is 0.243 e. The summed E-state index contributed by atoms with van der Waals surface area (Å²) in [6.45, 7) is 0.637. The average Bonchev–Trinajstić information content (AvgIpc) is 2.57. The van der Waals surface area contributed by atoms with Gasteiger partial charge < -0.3 is 4.74 Å². The first-order valence-electron chi connectivity index (χ1n) is 7.57. The second-order valence-corrected chi connectivity index (χ2v) is 5.02. The van der Waals surface area contributed by atoms with E-state index in [1.54, 1.807) is 12.1 Å². The highest BCUT2D eigenvalue weighted by Crippen LogP contribution is 2.08. The fourth-order valence-electron chi connectivity index (χ4n) is 2.00. The molecule has 23 heavy (non-hydrogen) atoms. The number of rotatable bonds is 9. The molecule has 1 amide bonds. The van der Waals surface area contributed by atoms with Gasteiger partial charge >= 0.3 is 0 Å². The summed E-state index contributed by atoms with van der Waals surface area (Å²) in [5.41, 5.74) is 3.40. The molecule has 0 saturated carbocycles. The van der Waals surface area contributed by atoms with Crippen molar-refractivity contribution in [2.45, 2.75) is 19.3 Å². The summed E-state index contributed by atoms with van der Waals surface area (Å²) < 4.78 is 18.2. The SMILES string of the molecule is O=C(CCCc1ccc(F)cc1)NOCCOc1ccccc1. The van der Waals surface area contributed by atoms with E-state index in [0.717, 1.165) is 17.7 Å². The predicted molar refractivity (Wildman–Crippen MR) is 85.4 cm³/mol. The van der Waals surface area contributed by atoms with Crippen LogP contribution in [0.1, 0.15) is 18.4 Å². The van der Waals surface area contributed by atoms with Crippen molar-refractivity contribution in [1.29, 1.82) is 0 Å². The Hall–Kier alpha value is -2.40. The molecule has 0 aliphatic carbocycles. The van der Waals surface area contributed by atoms with E-state index in [2.05, 4.69) is 5.48 Å². The largest absolute Gasteiger partial charge is 0.491 e. The Kier molecular flexibility index (Phi) is 7.07. The van der Waals surface area contributed by atoms with Crippen LogP contribution in [0.4, 0.5) is 4.39 Å². The molecular formula is C18H20FNO3. The number of carbonyl (C=O) groups excluding carboxylic acids is 1. The minimum atomic E-state index is -0.252. The molecule has 2 aromatic carbocycles. The quantitative estimate of drug-likeness (QED) is 0.570. The van der Waals surface area contributed by atoms with E-state index < -0.39 is 0 Å². The molecule has 0 aromatic heterocycles. The van der Waals surface area contributed by atoms with Gasteiger partial charge in [0.05, 0.1) is 0 Å². The number of hydrogen-bond donors (Lipinski definition) is 1. The van der Waals surface area contributed by atoms with Crippen molar-refractivity contribution in [2.24, 2.45) is 0 Å². The average molecular weight is 317 g/mol. The summed E-state index contributed by atoms with van der Waals surface area (Å²) in [7, 11) is 0. The maximum Gasteiger partial charge on any atom is 0.243 e. The Bertz CT molecular complexity index is 587. The molecule has 0 radical (unpaired) electrons. The minimum absolute atomic E-state index is 0.174. The Morgan fingerprint density at radius 3 is 2.48 bits per heavy atom. The first-order valence-corrected chi connectivity index (χ1v) is 7.57. The van der Waals surface area contributed by atoms with Gasteiger partial charge in [0.15, 0.2) is 0 Å². The molecule has 0 atom stereocenters. The van der Waals surface area contributed by atoms with Crippen LogP contribution in [0.15, 0.2) is 54.6 Å². The third-order valence-corrected chi connectivity index (χ3v) is 3.17. The lowest BCUT2D eigenvalue weighted by Gasteiger charge is -2.08. The van der Waals surface area contributed by atoms with Crippen molar-refractivity contribution in [2.75, 3.05) is 13.2 Å². The van der Waals surface area contributed by atoms with E-state index in [9.17, 15) is 9.18 Å². The first-order chi connectivity index (χ1) is 11.2. The minimum Gasteiger partial charge on any atom is -0.491 e. The molecule has 4 nitrogen and oxygen atoms in total. The van der Waals surface area contributed by atoms with Crippen molar-refractivity contribution in [3.05, 3.63) is 66.0 Å². The highest BCUT2D eigenvalue weighted by atomic mass is 19.1. The van der Waals surface area contributed by atoms with E-state index in [-0.39, 0.29) is 18.3 Å². The lowest BCUT2D eigenvalue weighted by Crippen LogP contribution is -2.25. The second kappa shape index (κ2) is 9.58. The number of nitrogens with one attached hydrogen (secondary N) is 1. The summed E-state index contributed by atoms with van der Waals surface area (Å²) in [6.07, 6.45) is 1.77. The number of para-hydroxylation sites is 1. The van der Waals surface area contributed by atoms with Crippen molar-refractivity contribution < 1.29 is 18.8 Å². The van der Waals surface area contributed by atoms with Crippen molar-refractivity contribution in [3.8, 4) is 5.75 Å². The molecule has 2 rings (SSSR count).